The Balaban J connectivity index is 1.93. The fourth-order valence-corrected chi connectivity index (χ4v) is 3.14. The zero-order valence-corrected chi connectivity index (χ0v) is 11.6. The molecule has 2 heterocycles. The summed E-state index contributed by atoms with van der Waals surface area (Å²) in [5.74, 6) is -1.37. The van der Waals surface area contributed by atoms with Gasteiger partial charge in [0.1, 0.15) is 6.04 Å². The highest BCUT2D eigenvalue weighted by molar-refractivity contribution is 5.99. The molecule has 0 saturated carbocycles. The first-order chi connectivity index (χ1) is 10.1. The number of hydrogen-bond donors (Lipinski definition) is 3. The maximum absolute atomic E-state index is 12.7. The van der Waals surface area contributed by atoms with Gasteiger partial charge in [0.25, 0.3) is 5.91 Å². The molecule has 6 nitrogen and oxygen atoms in total. The first kappa shape index (κ1) is 13.9. The minimum absolute atomic E-state index is 0.0763. The van der Waals surface area contributed by atoms with Crippen molar-refractivity contribution in [3.63, 3.8) is 0 Å². The third kappa shape index (κ3) is 2.47. The molecule has 0 spiro atoms. The van der Waals surface area contributed by atoms with Crippen molar-refractivity contribution in [2.75, 3.05) is 18.4 Å². The number of rotatable bonds is 2. The normalized spacial score (nSPS) is 24.3. The van der Waals surface area contributed by atoms with Gasteiger partial charge in [0.2, 0.25) is 0 Å². The standard InChI is InChI=1S/C15H18N2O4/c18-9-7-13(15(20)21)17(8-9)14(19)11-3-1-5-12-10(11)4-2-6-16-12/h1,3,5,9,13,16,18H,2,4,6-8H2,(H,20,21)/t9-,13+/m1/s1. The van der Waals surface area contributed by atoms with E-state index >= 15 is 0 Å². The van der Waals surface area contributed by atoms with Crippen LogP contribution >= 0.6 is 0 Å². The largest absolute Gasteiger partial charge is 0.480 e. The van der Waals surface area contributed by atoms with Crippen LogP contribution in [0, 0.1) is 0 Å². The van der Waals surface area contributed by atoms with Gasteiger partial charge in [-0.25, -0.2) is 4.79 Å². The number of hydrogen-bond acceptors (Lipinski definition) is 4. The number of benzene rings is 1. The number of fused-ring (bicyclic) bond motifs is 1. The Kier molecular flexibility index (Phi) is 3.55. The molecule has 3 rings (SSSR count). The number of aliphatic carboxylic acids is 1. The summed E-state index contributed by atoms with van der Waals surface area (Å²) in [6, 6.07) is 4.52. The molecule has 112 valence electrons. The van der Waals surface area contributed by atoms with E-state index in [1.807, 2.05) is 6.07 Å². The Morgan fingerprint density at radius 2 is 2.14 bits per heavy atom. The van der Waals surface area contributed by atoms with Gasteiger partial charge in [-0.05, 0) is 30.5 Å². The lowest BCUT2D eigenvalue weighted by atomic mass is 9.96. The van der Waals surface area contributed by atoms with Crippen LogP contribution in [0.1, 0.15) is 28.8 Å². The summed E-state index contributed by atoms with van der Waals surface area (Å²) in [5, 5.41) is 22.2. The van der Waals surface area contributed by atoms with Gasteiger partial charge >= 0.3 is 5.97 Å². The molecular formula is C15H18N2O4. The van der Waals surface area contributed by atoms with Gasteiger partial charge in [-0.1, -0.05) is 6.07 Å². The monoisotopic (exact) mass is 290 g/mol. The van der Waals surface area contributed by atoms with Crippen molar-refractivity contribution in [1.29, 1.82) is 0 Å². The highest BCUT2D eigenvalue weighted by Gasteiger charge is 2.39. The van der Waals surface area contributed by atoms with Gasteiger partial charge in [0.15, 0.2) is 0 Å². The maximum Gasteiger partial charge on any atom is 0.326 e. The number of carboxylic acid groups (broad SMARTS) is 1. The van der Waals surface area contributed by atoms with Crippen molar-refractivity contribution in [2.24, 2.45) is 0 Å². The summed E-state index contributed by atoms with van der Waals surface area (Å²) in [4.78, 5) is 25.2. The highest BCUT2D eigenvalue weighted by atomic mass is 16.4. The van der Waals surface area contributed by atoms with Crippen molar-refractivity contribution in [2.45, 2.75) is 31.4 Å². The Bertz CT molecular complexity index is 587. The van der Waals surface area contributed by atoms with Crippen molar-refractivity contribution in [3.05, 3.63) is 29.3 Å². The molecule has 6 heteroatoms. The molecule has 0 radical (unpaired) electrons. The minimum atomic E-state index is -1.07. The molecular weight excluding hydrogens is 272 g/mol. The van der Waals surface area contributed by atoms with Gasteiger partial charge in [-0.2, -0.15) is 0 Å². The highest BCUT2D eigenvalue weighted by Crippen LogP contribution is 2.28. The van der Waals surface area contributed by atoms with Gasteiger partial charge in [0, 0.05) is 30.8 Å². The number of nitrogens with one attached hydrogen (secondary N) is 1. The van der Waals surface area contributed by atoms with Gasteiger partial charge in [-0.3, -0.25) is 4.79 Å². The number of likely N-dealkylation sites (tertiary alicyclic amines) is 1. The summed E-state index contributed by atoms with van der Waals surface area (Å²) < 4.78 is 0. The Morgan fingerprint density at radius 1 is 1.33 bits per heavy atom. The average molecular weight is 290 g/mol. The average Bonchev–Trinajstić information content (AvgIpc) is 2.88. The SMILES string of the molecule is O=C(O)[C@@H]1C[C@@H](O)CN1C(=O)c1cccc2c1CCCN2. The van der Waals surface area contributed by atoms with Crippen LogP contribution in [0.5, 0.6) is 0 Å². The minimum Gasteiger partial charge on any atom is -0.480 e. The molecule has 2 atom stereocenters. The van der Waals surface area contributed by atoms with E-state index in [1.54, 1.807) is 12.1 Å². The number of β-amino-alcohol motifs (C(OH)–C–C–N with tert-alkyl or cyclic N) is 1. The van der Waals surface area contributed by atoms with Crippen LogP contribution in [0.2, 0.25) is 0 Å². The fourth-order valence-electron chi connectivity index (χ4n) is 3.14. The quantitative estimate of drug-likeness (QED) is 0.746. The number of carboxylic acids is 1. The molecule has 2 aliphatic rings. The van der Waals surface area contributed by atoms with E-state index < -0.39 is 18.1 Å². The molecule has 0 unspecified atom stereocenters. The molecule has 1 aromatic carbocycles. The van der Waals surface area contributed by atoms with Gasteiger partial charge < -0.3 is 20.4 Å². The summed E-state index contributed by atoms with van der Waals surface area (Å²) in [7, 11) is 0. The van der Waals surface area contributed by atoms with E-state index in [9.17, 15) is 19.8 Å². The Labute approximate surface area is 122 Å². The lowest BCUT2D eigenvalue weighted by molar-refractivity contribution is -0.141. The molecule has 0 aromatic heterocycles. The smallest absolute Gasteiger partial charge is 0.326 e. The molecule has 2 aliphatic heterocycles. The number of carbonyl (C=O) groups is 2. The van der Waals surface area contributed by atoms with E-state index in [0.29, 0.717) is 5.56 Å². The van der Waals surface area contributed by atoms with Crippen LogP contribution in [0.3, 0.4) is 0 Å². The zero-order valence-electron chi connectivity index (χ0n) is 11.6. The second-order valence-electron chi connectivity index (χ2n) is 5.56. The second-order valence-corrected chi connectivity index (χ2v) is 5.56. The van der Waals surface area contributed by atoms with Gasteiger partial charge in [-0.15, -0.1) is 0 Å². The molecule has 1 aromatic rings. The number of anilines is 1. The van der Waals surface area contributed by atoms with Crippen molar-refractivity contribution < 1.29 is 19.8 Å². The summed E-state index contributed by atoms with van der Waals surface area (Å²) in [5.41, 5.74) is 2.43. The van der Waals surface area contributed by atoms with Crippen molar-refractivity contribution in [1.82, 2.24) is 4.90 Å². The number of carbonyl (C=O) groups excluding carboxylic acids is 1. The van der Waals surface area contributed by atoms with Crippen LogP contribution in [0.4, 0.5) is 5.69 Å². The van der Waals surface area contributed by atoms with E-state index in [0.717, 1.165) is 30.6 Å². The first-order valence-corrected chi connectivity index (χ1v) is 7.15. The molecule has 1 fully saturated rings. The summed E-state index contributed by atoms with van der Waals surface area (Å²) >= 11 is 0. The number of amides is 1. The van der Waals surface area contributed by atoms with Crippen LogP contribution in [0.15, 0.2) is 18.2 Å². The fraction of sp³-hybridized carbons (Fsp3) is 0.467. The van der Waals surface area contributed by atoms with Crippen molar-refractivity contribution >= 4 is 17.6 Å². The van der Waals surface area contributed by atoms with E-state index in [1.165, 1.54) is 4.90 Å². The maximum atomic E-state index is 12.7. The third-order valence-corrected chi connectivity index (χ3v) is 4.15. The summed E-state index contributed by atoms with van der Waals surface area (Å²) in [6.07, 6.45) is 1.07. The molecule has 1 amide bonds. The van der Waals surface area contributed by atoms with Crippen LogP contribution < -0.4 is 5.32 Å². The van der Waals surface area contributed by atoms with Crippen LogP contribution in [-0.2, 0) is 11.2 Å². The first-order valence-electron chi connectivity index (χ1n) is 7.15. The topological polar surface area (TPSA) is 89.9 Å². The van der Waals surface area contributed by atoms with E-state index in [2.05, 4.69) is 5.32 Å². The number of aliphatic hydroxyl groups is 1. The molecule has 21 heavy (non-hydrogen) atoms. The Hall–Kier alpha value is -2.08. The third-order valence-electron chi connectivity index (χ3n) is 4.15. The van der Waals surface area contributed by atoms with E-state index in [4.69, 9.17) is 0 Å². The predicted octanol–water partition coefficient (Wildman–Crippen LogP) is 0.705. The lowest BCUT2D eigenvalue weighted by Crippen LogP contribution is -2.41. The van der Waals surface area contributed by atoms with Crippen LogP contribution in [0.25, 0.3) is 0 Å². The summed E-state index contributed by atoms with van der Waals surface area (Å²) in [6.45, 7) is 0.956. The van der Waals surface area contributed by atoms with Crippen LogP contribution in [-0.4, -0.2) is 52.2 Å². The predicted molar refractivity (Wildman–Crippen MR) is 76.3 cm³/mol. The number of aliphatic hydroxyl groups excluding tert-OH is 1. The lowest BCUT2D eigenvalue weighted by Gasteiger charge is -2.25. The second kappa shape index (κ2) is 5.37. The molecule has 0 aliphatic carbocycles. The van der Waals surface area contributed by atoms with Crippen molar-refractivity contribution in [3.8, 4) is 0 Å². The number of nitrogens with zero attached hydrogens (tertiary/aromatic N) is 1. The van der Waals surface area contributed by atoms with E-state index in [-0.39, 0.29) is 18.9 Å². The zero-order chi connectivity index (χ0) is 15.0. The van der Waals surface area contributed by atoms with Gasteiger partial charge in [0.05, 0.1) is 6.10 Å². The molecule has 3 N–H and O–H groups in total. The Morgan fingerprint density at radius 3 is 2.90 bits per heavy atom. The molecule has 0 bridgehead atoms. The molecule has 1 saturated heterocycles.